The molecule has 4 aromatic rings. The van der Waals surface area contributed by atoms with Gasteiger partial charge in [0.2, 0.25) is 0 Å². The van der Waals surface area contributed by atoms with Gasteiger partial charge in [-0.3, -0.25) is 4.68 Å². The van der Waals surface area contributed by atoms with Gasteiger partial charge in [0.15, 0.2) is 0 Å². The molecule has 0 amide bonds. The van der Waals surface area contributed by atoms with Crippen molar-refractivity contribution in [2.24, 2.45) is 0 Å². The predicted molar refractivity (Wildman–Crippen MR) is 111 cm³/mol. The molecule has 2 heterocycles. The maximum Gasteiger partial charge on any atom is 0.110 e. The second-order valence-corrected chi connectivity index (χ2v) is 7.67. The Balaban J connectivity index is 1.71. The summed E-state index contributed by atoms with van der Waals surface area (Å²) in [6.07, 6.45) is 0. The van der Waals surface area contributed by atoms with Crippen LogP contribution in [0.15, 0.2) is 48.5 Å². The van der Waals surface area contributed by atoms with Crippen molar-refractivity contribution in [3.8, 4) is 28.5 Å². The van der Waals surface area contributed by atoms with Crippen molar-refractivity contribution >= 4 is 23.1 Å². The first-order valence-corrected chi connectivity index (χ1v) is 9.84. The fourth-order valence-electron chi connectivity index (χ4n) is 3.29. The van der Waals surface area contributed by atoms with E-state index in [-0.39, 0.29) is 0 Å². The number of hydrogen-bond donors (Lipinski definition) is 0. The molecule has 7 heteroatoms. The van der Waals surface area contributed by atoms with Crippen molar-refractivity contribution in [2.75, 3.05) is 0 Å². The van der Waals surface area contributed by atoms with Crippen LogP contribution in [0.2, 0.25) is 5.02 Å². The molecule has 0 radical (unpaired) electrons. The van der Waals surface area contributed by atoms with E-state index in [1.165, 1.54) is 11.5 Å². The molecule has 0 aliphatic heterocycles. The monoisotopic (exact) mass is 405 g/mol. The number of rotatable bonds is 4. The Morgan fingerprint density at radius 1 is 1.11 bits per heavy atom. The van der Waals surface area contributed by atoms with Gasteiger partial charge in [0.05, 0.1) is 27.7 Å². The van der Waals surface area contributed by atoms with Crippen LogP contribution in [0.3, 0.4) is 0 Å². The Morgan fingerprint density at radius 3 is 2.61 bits per heavy atom. The first-order valence-electron chi connectivity index (χ1n) is 8.69. The quantitative estimate of drug-likeness (QED) is 0.464. The number of aromatic nitrogens is 4. The molecule has 2 aromatic carbocycles. The lowest BCUT2D eigenvalue weighted by molar-refractivity contribution is 0.666. The minimum atomic E-state index is 0.449. The Morgan fingerprint density at radius 2 is 1.89 bits per heavy atom. The van der Waals surface area contributed by atoms with Gasteiger partial charge in [-0.25, -0.2) is 0 Å². The van der Waals surface area contributed by atoms with Crippen LogP contribution in [0, 0.1) is 25.2 Å². The molecule has 2 aromatic heterocycles. The zero-order chi connectivity index (χ0) is 19.7. The van der Waals surface area contributed by atoms with Crippen molar-refractivity contribution in [1.29, 1.82) is 5.26 Å². The van der Waals surface area contributed by atoms with E-state index < -0.39 is 0 Å². The zero-order valence-corrected chi connectivity index (χ0v) is 16.9. The van der Waals surface area contributed by atoms with Crippen molar-refractivity contribution in [2.45, 2.75) is 20.4 Å². The first kappa shape index (κ1) is 18.4. The fourth-order valence-corrected chi connectivity index (χ4v) is 4.16. The maximum absolute atomic E-state index is 9.10. The fraction of sp³-hybridized carbons (Fsp3) is 0.143. The van der Waals surface area contributed by atoms with Gasteiger partial charge in [-0.2, -0.15) is 10.4 Å². The average Bonchev–Trinajstić information content (AvgIpc) is 3.27. The van der Waals surface area contributed by atoms with E-state index in [0.717, 1.165) is 38.6 Å². The summed E-state index contributed by atoms with van der Waals surface area (Å²) in [6, 6.07) is 17.6. The third kappa shape index (κ3) is 3.31. The molecule has 0 saturated carbocycles. The lowest BCUT2D eigenvalue weighted by Gasteiger charge is -2.07. The summed E-state index contributed by atoms with van der Waals surface area (Å²) in [6.45, 7) is 4.62. The number of nitriles is 1. The van der Waals surface area contributed by atoms with Crippen LogP contribution >= 0.6 is 23.1 Å². The van der Waals surface area contributed by atoms with Crippen LogP contribution in [0.4, 0.5) is 0 Å². The summed E-state index contributed by atoms with van der Waals surface area (Å²) in [5.41, 5.74) is 6.34. The Hall–Kier alpha value is -3.01. The van der Waals surface area contributed by atoms with E-state index in [2.05, 4.69) is 15.7 Å². The molecule has 0 bridgehead atoms. The predicted octanol–water partition coefficient (Wildman–Crippen LogP) is 5.26. The largest absolute Gasteiger partial charge is 0.264 e. The van der Waals surface area contributed by atoms with E-state index in [0.29, 0.717) is 17.1 Å². The molecule has 4 rings (SSSR count). The molecule has 0 saturated heterocycles. The number of aryl methyl sites for hydroxylation is 1. The molecule has 0 aliphatic carbocycles. The smallest absolute Gasteiger partial charge is 0.110 e. The van der Waals surface area contributed by atoms with Crippen LogP contribution in [-0.2, 0) is 6.54 Å². The van der Waals surface area contributed by atoms with E-state index in [1.807, 2.05) is 61.0 Å². The summed E-state index contributed by atoms with van der Waals surface area (Å²) in [5, 5.41) is 18.6. The third-order valence-corrected chi connectivity index (χ3v) is 5.68. The highest BCUT2D eigenvalue weighted by Gasteiger charge is 2.17. The normalized spacial score (nSPS) is 10.8. The van der Waals surface area contributed by atoms with Crippen LogP contribution in [0.5, 0.6) is 0 Å². The van der Waals surface area contributed by atoms with Crippen LogP contribution in [0.1, 0.15) is 21.8 Å². The molecule has 0 spiro atoms. The minimum absolute atomic E-state index is 0.449. The van der Waals surface area contributed by atoms with Crippen molar-refractivity contribution in [1.82, 2.24) is 19.4 Å². The number of hydrogen-bond acceptors (Lipinski definition) is 5. The third-order valence-electron chi connectivity index (χ3n) is 4.66. The van der Waals surface area contributed by atoms with Crippen molar-refractivity contribution in [3.05, 3.63) is 75.4 Å². The second-order valence-electron chi connectivity index (χ2n) is 6.42. The summed E-state index contributed by atoms with van der Waals surface area (Å²) in [4.78, 5) is 1.06. The maximum atomic E-state index is 9.10. The number of nitrogens with zero attached hydrogens (tertiary/aromatic N) is 5. The van der Waals surface area contributed by atoms with Gasteiger partial charge in [-0.05, 0) is 43.1 Å². The molecule has 0 aliphatic rings. The van der Waals surface area contributed by atoms with E-state index in [9.17, 15) is 0 Å². The molecule has 138 valence electrons. The lowest BCUT2D eigenvalue weighted by Crippen LogP contribution is -2.04. The highest BCUT2D eigenvalue weighted by atomic mass is 35.5. The van der Waals surface area contributed by atoms with Gasteiger partial charge in [-0.1, -0.05) is 52.5 Å². The molecular formula is C21H16ClN5S. The highest BCUT2D eigenvalue weighted by Crippen LogP contribution is 2.32. The van der Waals surface area contributed by atoms with Crippen molar-refractivity contribution < 1.29 is 0 Å². The van der Waals surface area contributed by atoms with Gasteiger partial charge >= 0.3 is 0 Å². The Labute approximate surface area is 172 Å². The molecule has 28 heavy (non-hydrogen) atoms. The number of benzene rings is 2. The minimum Gasteiger partial charge on any atom is -0.264 e. The second kappa shape index (κ2) is 7.55. The summed E-state index contributed by atoms with van der Waals surface area (Å²) in [5.74, 6) is 0. The van der Waals surface area contributed by atoms with Gasteiger partial charge in [0.1, 0.15) is 11.8 Å². The first-order chi connectivity index (χ1) is 13.6. The summed E-state index contributed by atoms with van der Waals surface area (Å²) >= 11 is 7.62. The zero-order valence-electron chi connectivity index (χ0n) is 15.3. The van der Waals surface area contributed by atoms with Crippen molar-refractivity contribution in [3.63, 3.8) is 0 Å². The highest BCUT2D eigenvalue weighted by molar-refractivity contribution is 7.05. The molecule has 0 unspecified atom stereocenters. The molecular weight excluding hydrogens is 390 g/mol. The van der Waals surface area contributed by atoms with Crippen LogP contribution < -0.4 is 0 Å². The Kier molecular flexibility index (Phi) is 4.95. The van der Waals surface area contributed by atoms with E-state index in [4.69, 9.17) is 22.0 Å². The van der Waals surface area contributed by atoms with Crippen LogP contribution in [0.25, 0.3) is 22.4 Å². The topological polar surface area (TPSA) is 67.4 Å². The Bertz CT molecular complexity index is 1190. The van der Waals surface area contributed by atoms with Gasteiger partial charge in [0.25, 0.3) is 0 Å². The van der Waals surface area contributed by atoms with Gasteiger partial charge in [-0.15, -0.1) is 5.10 Å². The molecule has 0 atom stereocenters. The number of halogens is 1. The lowest BCUT2D eigenvalue weighted by atomic mass is 10.0. The summed E-state index contributed by atoms with van der Waals surface area (Å²) < 4.78 is 6.12. The van der Waals surface area contributed by atoms with E-state index >= 15 is 0 Å². The molecule has 0 fully saturated rings. The molecule has 5 nitrogen and oxygen atoms in total. The van der Waals surface area contributed by atoms with Gasteiger partial charge < -0.3 is 0 Å². The standard InChI is InChI=1S/C21H16ClN5S/c1-13-20(16-8-9-17(11-23)18(22)10-16)14(2)27(25-13)12-19-21(24-26-28-19)15-6-4-3-5-7-15/h3-10H,12H2,1-2H3. The SMILES string of the molecule is Cc1nn(Cc2snnc2-c2ccccc2)c(C)c1-c1ccc(C#N)c(Cl)c1. The van der Waals surface area contributed by atoms with Gasteiger partial charge in [0, 0.05) is 16.8 Å². The average molecular weight is 406 g/mol. The summed E-state index contributed by atoms with van der Waals surface area (Å²) in [7, 11) is 0. The van der Waals surface area contributed by atoms with Crippen LogP contribution in [-0.4, -0.2) is 19.4 Å². The molecule has 0 N–H and O–H groups in total. The van der Waals surface area contributed by atoms with E-state index in [1.54, 1.807) is 6.07 Å².